The van der Waals surface area contributed by atoms with Crippen LogP contribution in [-0.4, -0.2) is 6.54 Å². The summed E-state index contributed by atoms with van der Waals surface area (Å²) in [7, 11) is 0. The molecule has 0 fully saturated rings. The second-order valence-corrected chi connectivity index (χ2v) is 5.80. The first-order valence-electron chi connectivity index (χ1n) is 6.46. The molecule has 1 N–H and O–H groups in total. The number of halogens is 3. The molecule has 0 aliphatic carbocycles. The molecule has 1 nitrogen and oxygen atoms in total. The summed E-state index contributed by atoms with van der Waals surface area (Å²) in [5, 5.41) is 3.75. The molecule has 0 heterocycles. The minimum atomic E-state index is -0.324. The number of unbranched alkanes of at least 4 members (excludes halogenated alkanes) is 1. The zero-order valence-corrected chi connectivity index (χ0v) is 13.2. The highest BCUT2D eigenvalue weighted by Crippen LogP contribution is 2.32. The molecule has 1 unspecified atom stereocenters. The number of hydrogen-bond acceptors (Lipinski definition) is 1. The fourth-order valence-corrected chi connectivity index (χ4v) is 2.86. The molecule has 0 spiro atoms. The van der Waals surface area contributed by atoms with E-state index >= 15 is 0 Å². The van der Waals surface area contributed by atoms with Gasteiger partial charge in [0.1, 0.15) is 5.82 Å². The highest BCUT2D eigenvalue weighted by atomic mass is 79.9. The summed E-state index contributed by atoms with van der Waals surface area (Å²) in [4.78, 5) is 0. The molecule has 0 aliphatic rings. The van der Waals surface area contributed by atoms with Crippen molar-refractivity contribution < 1.29 is 4.39 Å². The standard InChI is InChI=1S/C14H20BrClFN/c1-3-5-6-10(4-2)9-18-14-12(15)7-11(17)8-13(14)16/h7-8,10,18H,3-6,9H2,1-2H3. The van der Waals surface area contributed by atoms with Crippen LogP contribution in [0.25, 0.3) is 0 Å². The molecule has 18 heavy (non-hydrogen) atoms. The largest absolute Gasteiger partial charge is 0.383 e. The van der Waals surface area contributed by atoms with E-state index in [1.54, 1.807) is 0 Å². The predicted octanol–water partition coefficient (Wildman–Crippen LogP) is 5.87. The van der Waals surface area contributed by atoms with Crippen LogP contribution in [0.15, 0.2) is 16.6 Å². The van der Waals surface area contributed by atoms with E-state index in [2.05, 4.69) is 35.1 Å². The minimum Gasteiger partial charge on any atom is -0.383 e. The number of benzene rings is 1. The summed E-state index contributed by atoms with van der Waals surface area (Å²) < 4.78 is 13.8. The SMILES string of the molecule is CCCCC(CC)CNc1c(Cl)cc(F)cc1Br. The van der Waals surface area contributed by atoms with Crippen molar-refractivity contribution in [3.8, 4) is 0 Å². The van der Waals surface area contributed by atoms with Gasteiger partial charge in [0.25, 0.3) is 0 Å². The van der Waals surface area contributed by atoms with Gasteiger partial charge in [-0.15, -0.1) is 0 Å². The molecule has 0 radical (unpaired) electrons. The van der Waals surface area contributed by atoms with Crippen LogP contribution in [0.2, 0.25) is 5.02 Å². The van der Waals surface area contributed by atoms with Gasteiger partial charge in [0.2, 0.25) is 0 Å². The Hall–Kier alpha value is -0.280. The first-order chi connectivity index (χ1) is 8.58. The molecule has 0 aromatic heterocycles. The smallest absolute Gasteiger partial charge is 0.125 e. The Labute approximate surface area is 122 Å². The predicted molar refractivity (Wildman–Crippen MR) is 80.9 cm³/mol. The van der Waals surface area contributed by atoms with Gasteiger partial charge in [-0.3, -0.25) is 0 Å². The third-order valence-electron chi connectivity index (χ3n) is 3.12. The fraction of sp³-hybridized carbons (Fsp3) is 0.571. The Morgan fingerprint density at radius 3 is 2.67 bits per heavy atom. The molecule has 1 rings (SSSR count). The van der Waals surface area contributed by atoms with E-state index in [-0.39, 0.29) is 5.82 Å². The van der Waals surface area contributed by atoms with Crippen molar-refractivity contribution in [1.82, 2.24) is 0 Å². The van der Waals surface area contributed by atoms with Crippen molar-refractivity contribution in [1.29, 1.82) is 0 Å². The number of rotatable bonds is 7. The average molecular weight is 337 g/mol. The lowest BCUT2D eigenvalue weighted by Gasteiger charge is -2.17. The van der Waals surface area contributed by atoms with Crippen molar-refractivity contribution in [3.05, 3.63) is 27.4 Å². The maximum atomic E-state index is 13.1. The Kier molecular flexibility index (Phi) is 7.02. The highest BCUT2D eigenvalue weighted by molar-refractivity contribution is 9.10. The molecule has 4 heteroatoms. The van der Waals surface area contributed by atoms with Crippen molar-refractivity contribution in [3.63, 3.8) is 0 Å². The topological polar surface area (TPSA) is 12.0 Å². The maximum Gasteiger partial charge on any atom is 0.125 e. The van der Waals surface area contributed by atoms with E-state index in [9.17, 15) is 4.39 Å². The molecular formula is C14H20BrClFN. The summed E-state index contributed by atoms with van der Waals surface area (Å²) in [5.74, 6) is 0.313. The summed E-state index contributed by atoms with van der Waals surface area (Å²) in [5.41, 5.74) is 0.785. The van der Waals surface area contributed by atoms with Crippen LogP contribution in [0.4, 0.5) is 10.1 Å². The molecule has 1 aromatic rings. The average Bonchev–Trinajstić information content (AvgIpc) is 2.31. The summed E-state index contributed by atoms with van der Waals surface area (Å²) in [6.45, 7) is 5.28. The van der Waals surface area contributed by atoms with Gasteiger partial charge < -0.3 is 5.32 Å². The van der Waals surface area contributed by atoms with Crippen LogP contribution in [0.1, 0.15) is 39.5 Å². The zero-order valence-electron chi connectivity index (χ0n) is 10.9. The lowest BCUT2D eigenvalue weighted by Crippen LogP contribution is -2.14. The van der Waals surface area contributed by atoms with Gasteiger partial charge in [-0.2, -0.15) is 0 Å². The molecule has 0 bridgehead atoms. The number of anilines is 1. The van der Waals surface area contributed by atoms with E-state index in [1.165, 1.54) is 31.4 Å². The summed E-state index contributed by atoms with van der Waals surface area (Å²) in [6, 6.07) is 2.77. The van der Waals surface area contributed by atoms with Crippen LogP contribution < -0.4 is 5.32 Å². The molecule has 0 saturated heterocycles. The monoisotopic (exact) mass is 335 g/mol. The van der Waals surface area contributed by atoms with Gasteiger partial charge in [-0.05, 0) is 40.4 Å². The van der Waals surface area contributed by atoms with Gasteiger partial charge in [0.05, 0.1) is 10.7 Å². The lowest BCUT2D eigenvalue weighted by molar-refractivity contribution is 0.472. The van der Waals surface area contributed by atoms with E-state index in [0.29, 0.717) is 15.4 Å². The third-order valence-corrected chi connectivity index (χ3v) is 4.04. The van der Waals surface area contributed by atoms with Crippen LogP contribution >= 0.6 is 27.5 Å². The lowest BCUT2D eigenvalue weighted by atomic mass is 9.99. The van der Waals surface area contributed by atoms with Gasteiger partial charge in [0, 0.05) is 11.0 Å². The van der Waals surface area contributed by atoms with Gasteiger partial charge in [-0.25, -0.2) is 4.39 Å². The Bertz CT molecular complexity index is 361. The maximum absolute atomic E-state index is 13.1. The minimum absolute atomic E-state index is 0.324. The third kappa shape index (κ3) is 4.77. The highest BCUT2D eigenvalue weighted by Gasteiger charge is 2.10. The van der Waals surface area contributed by atoms with Crippen LogP contribution in [0, 0.1) is 11.7 Å². The van der Waals surface area contributed by atoms with E-state index in [1.807, 2.05) is 0 Å². The fourth-order valence-electron chi connectivity index (χ4n) is 1.90. The van der Waals surface area contributed by atoms with Crippen LogP contribution in [0.5, 0.6) is 0 Å². The van der Waals surface area contributed by atoms with E-state index in [0.717, 1.165) is 18.7 Å². The second kappa shape index (κ2) is 8.00. The summed E-state index contributed by atoms with van der Waals surface area (Å²) >= 11 is 9.37. The first kappa shape index (κ1) is 15.8. The van der Waals surface area contributed by atoms with Crippen molar-refractivity contribution in [2.24, 2.45) is 5.92 Å². The van der Waals surface area contributed by atoms with Gasteiger partial charge in [-0.1, -0.05) is 44.7 Å². The van der Waals surface area contributed by atoms with Crippen LogP contribution in [-0.2, 0) is 0 Å². The number of hydrogen-bond donors (Lipinski definition) is 1. The van der Waals surface area contributed by atoms with E-state index < -0.39 is 0 Å². The van der Waals surface area contributed by atoms with Crippen LogP contribution in [0.3, 0.4) is 0 Å². The molecule has 0 aliphatic heterocycles. The normalized spacial score (nSPS) is 12.5. The van der Waals surface area contributed by atoms with Crippen molar-refractivity contribution in [2.45, 2.75) is 39.5 Å². The zero-order chi connectivity index (χ0) is 13.5. The molecule has 0 amide bonds. The molecule has 1 aromatic carbocycles. The molecular weight excluding hydrogens is 317 g/mol. The molecule has 0 saturated carbocycles. The number of nitrogens with one attached hydrogen (secondary N) is 1. The molecule has 1 atom stereocenters. The van der Waals surface area contributed by atoms with Gasteiger partial charge in [0.15, 0.2) is 0 Å². The van der Waals surface area contributed by atoms with E-state index in [4.69, 9.17) is 11.6 Å². The quantitative estimate of drug-likeness (QED) is 0.656. The Morgan fingerprint density at radius 2 is 2.11 bits per heavy atom. The Balaban J connectivity index is 2.62. The molecule has 102 valence electrons. The van der Waals surface area contributed by atoms with Crippen molar-refractivity contribution >= 4 is 33.2 Å². The summed E-state index contributed by atoms with van der Waals surface area (Å²) in [6.07, 6.45) is 4.83. The van der Waals surface area contributed by atoms with Crippen molar-refractivity contribution in [2.75, 3.05) is 11.9 Å². The second-order valence-electron chi connectivity index (χ2n) is 4.54. The Morgan fingerprint density at radius 1 is 1.39 bits per heavy atom. The first-order valence-corrected chi connectivity index (χ1v) is 7.64. The van der Waals surface area contributed by atoms with Gasteiger partial charge >= 0.3 is 0 Å².